The Morgan fingerprint density at radius 3 is 2.60 bits per heavy atom. The van der Waals surface area contributed by atoms with Crippen LogP contribution in [0, 0.1) is 0 Å². The number of rotatable bonds is 10. The molecule has 8 heteroatoms. The van der Waals surface area contributed by atoms with Gasteiger partial charge in [-0.2, -0.15) is 5.10 Å². The number of aryl methyl sites for hydroxylation is 1. The van der Waals surface area contributed by atoms with Crippen molar-refractivity contribution < 1.29 is 9.84 Å². The second-order valence-corrected chi connectivity index (χ2v) is 10.2. The highest BCUT2D eigenvalue weighted by molar-refractivity contribution is 7.18. The molecule has 0 bridgehead atoms. The first-order valence-corrected chi connectivity index (χ1v) is 13.2. The summed E-state index contributed by atoms with van der Waals surface area (Å²) in [5.41, 5.74) is 3.33. The second-order valence-electron chi connectivity index (χ2n) is 9.06. The van der Waals surface area contributed by atoms with E-state index >= 15 is 0 Å². The summed E-state index contributed by atoms with van der Waals surface area (Å²) in [5.74, 6) is 0.767. The molecule has 0 radical (unpaired) electrons. The van der Waals surface area contributed by atoms with Gasteiger partial charge in [0.2, 0.25) is 0 Å². The Morgan fingerprint density at radius 1 is 1.00 bits per heavy atom. The molecule has 2 aromatic carbocycles. The molecule has 184 valence electrons. The van der Waals surface area contributed by atoms with E-state index in [-0.39, 0.29) is 0 Å². The summed E-state index contributed by atoms with van der Waals surface area (Å²) >= 11 is 1.72. The molecule has 0 spiro atoms. The molecule has 2 aromatic heterocycles. The van der Waals surface area contributed by atoms with Crippen molar-refractivity contribution in [2.24, 2.45) is 0 Å². The molecule has 1 N–H and O–H groups in total. The lowest BCUT2D eigenvalue weighted by atomic mass is 10.1. The lowest BCUT2D eigenvalue weighted by molar-refractivity contribution is 0.0453. The number of piperazine rings is 1. The Kier molecular flexibility index (Phi) is 7.73. The molecule has 1 saturated heterocycles. The fraction of sp³-hybridized carbons (Fsp3) is 0.407. The molecule has 1 fully saturated rings. The quantitative estimate of drug-likeness (QED) is 0.364. The third kappa shape index (κ3) is 6.27. The van der Waals surface area contributed by atoms with Crippen LogP contribution in [0.3, 0.4) is 0 Å². The van der Waals surface area contributed by atoms with Crippen molar-refractivity contribution in [3.05, 3.63) is 65.9 Å². The summed E-state index contributed by atoms with van der Waals surface area (Å²) in [5, 5.41) is 16.2. The summed E-state index contributed by atoms with van der Waals surface area (Å²) < 4.78 is 9.08. The van der Waals surface area contributed by atoms with E-state index in [1.165, 1.54) is 10.3 Å². The largest absolute Gasteiger partial charge is 0.491 e. The molecular formula is C27H33N5O2S. The van der Waals surface area contributed by atoms with Gasteiger partial charge < -0.3 is 9.84 Å². The molecule has 4 aromatic rings. The van der Waals surface area contributed by atoms with Crippen molar-refractivity contribution in [2.45, 2.75) is 26.0 Å². The van der Waals surface area contributed by atoms with E-state index in [1.807, 2.05) is 29.1 Å². The molecule has 0 unspecified atom stereocenters. The molecule has 1 atom stereocenters. The number of thiazole rings is 1. The fourth-order valence-corrected chi connectivity index (χ4v) is 5.33. The Balaban J connectivity index is 1.02. The molecule has 0 amide bonds. The van der Waals surface area contributed by atoms with Gasteiger partial charge in [0.1, 0.15) is 18.5 Å². The standard InChI is InChI=1S/C27H33N5O2S/c1-2-27-29-25-16-24(8-9-26(25)35-27)34-20-23(33)19-31-12-10-30(11-13-31)14-15-32-18-22(17-28-32)21-6-4-3-5-7-21/h3-9,16-18,23,33H,2,10-15,19-20H2,1H3/t23-/m0/s1. The molecule has 7 nitrogen and oxygen atoms in total. The first-order chi connectivity index (χ1) is 17.2. The van der Waals surface area contributed by atoms with Gasteiger partial charge in [0.15, 0.2) is 0 Å². The number of hydrogen-bond donors (Lipinski definition) is 1. The maximum absolute atomic E-state index is 10.5. The van der Waals surface area contributed by atoms with Crippen LogP contribution in [0.2, 0.25) is 0 Å². The fourth-order valence-electron chi connectivity index (χ4n) is 4.44. The molecule has 0 saturated carbocycles. The van der Waals surface area contributed by atoms with E-state index in [2.05, 4.69) is 63.3 Å². The van der Waals surface area contributed by atoms with E-state index in [1.54, 1.807) is 11.3 Å². The van der Waals surface area contributed by atoms with Crippen LogP contribution in [0.1, 0.15) is 11.9 Å². The molecule has 5 rings (SSSR count). The number of fused-ring (bicyclic) bond motifs is 1. The third-order valence-electron chi connectivity index (χ3n) is 6.47. The van der Waals surface area contributed by atoms with Gasteiger partial charge in [-0.15, -0.1) is 11.3 Å². The zero-order chi connectivity index (χ0) is 24.0. The Morgan fingerprint density at radius 2 is 1.80 bits per heavy atom. The van der Waals surface area contributed by atoms with Gasteiger partial charge in [-0.05, 0) is 24.1 Å². The minimum absolute atomic E-state index is 0.291. The summed E-state index contributed by atoms with van der Waals surface area (Å²) in [4.78, 5) is 9.42. The Labute approximate surface area is 210 Å². The topological polar surface area (TPSA) is 66.7 Å². The number of nitrogens with zero attached hydrogens (tertiary/aromatic N) is 5. The zero-order valence-corrected chi connectivity index (χ0v) is 21.0. The molecular weight excluding hydrogens is 458 g/mol. The summed E-state index contributed by atoms with van der Waals surface area (Å²) in [6.45, 7) is 8.81. The normalized spacial score (nSPS) is 16.1. The van der Waals surface area contributed by atoms with Crippen molar-refractivity contribution >= 4 is 21.6 Å². The van der Waals surface area contributed by atoms with Crippen LogP contribution < -0.4 is 4.74 Å². The van der Waals surface area contributed by atoms with Gasteiger partial charge in [-0.3, -0.25) is 14.5 Å². The predicted octanol–water partition coefficient (Wildman–Crippen LogP) is 3.78. The van der Waals surface area contributed by atoms with Gasteiger partial charge in [-0.25, -0.2) is 4.98 Å². The van der Waals surface area contributed by atoms with Crippen LogP contribution in [0.25, 0.3) is 21.3 Å². The minimum atomic E-state index is -0.514. The van der Waals surface area contributed by atoms with E-state index in [0.29, 0.717) is 13.2 Å². The monoisotopic (exact) mass is 491 g/mol. The summed E-state index contributed by atoms with van der Waals surface area (Å²) in [7, 11) is 0. The summed E-state index contributed by atoms with van der Waals surface area (Å²) in [6, 6.07) is 16.4. The van der Waals surface area contributed by atoms with Gasteiger partial charge in [0, 0.05) is 57.1 Å². The lowest BCUT2D eigenvalue weighted by Crippen LogP contribution is -2.49. The van der Waals surface area contributed by atoms with Crippen LogP contribution in [0.5, 0.6) is 5.75 Å². The summed E-state index contributed by atoms with van der Waals surface area (Å²) in [6.07, 6.45) is 4.49. The average Bonchev–Trinajstić information content (AvgIpc) is 3.54. The number of aromatic nitrogens is 3. The maximum atomic E-state index is 10.5. The van der Waals surface area contributed by atoms with E-state index < -0.39 is 6.10 Å². The highest BCUT2D eigenvalue weighted by Crippen LogP contribution is 2.26. The number of aliphatic hydroxyl groups excluding tert-OH is 1. The molecule has 0 aliphatic carbocycles. The number of ether oxygens (including phenoxy) is 1. The molecule has 3 heterocycles. The maximum Gasteiger partial charge on any atom is 0.121 e. The number of aliphatic hydroxyl groups is 1. The third-order valence-corrected chi connectivity index (χ3v) is 7.65. The smallest absolute Gasteiger partial charge is 0.121 e. The SMILES string of the molecule is CCc1nc2cc(OC[C@@H](O)CN3CCN(CCn4cc(-c5ccccc5)cn4)CC3)ccc2s1. The second kappa shape index (κ2) is 11.3. The molecule has 35 heavy (non-hydrogen) atoms. The van der Waals surface area contributed by atoms with E-state index in [9.17, 15) is 5.11 Å². The van der Waals surface area contributed by atoms with E-state index in [0.717, 1.165) is 67.5 Å². The lowest BCUT2D eigenvalue weighted by Gasteiger charge is -2.35. The highest BCUT2D eigenvalue weighted by Gasteiger charge is 2.19. The van der Waals surface area contributed by atoms with Crippen molar-refractivity contribution in [1.82, 2.24) is 24.6 Å². The molecule has 1 aliphatic rings. The zero-order valence-electron chi connectivity index (χ0n) is 20.2. The predicted molar refractivity (Wildman–Crippen MR) is 141 cm³/mol. The first kappa shape index (κ1) is 23.9. The van der Waals surface area contributed by atoms with Crippen LogP contribution in [0.4, 0.5) is 0 Å². The van der Waals surface area contributed by atoms with Crippen molar-refractivity contribution in [3.63, 3.8) is 0 Å². The van der Waals surface area contributed by atoms with Crippen LogP contribution >= 0.6 is 11.3 Å². The van der Waals surface area contributed by atoms with Crippen LogP contribution in [-0.4, -0.2) is 81.7 Å². The van der Waals surface area contributed by atoms with Crippen molar-refractivity contribution in [3.8, 4) is 16.9 Å². The van der Waals surface area contributed by atoms with E-state index in [4.69, 9.17) is 4.74 Å². The first-order valence-electron chi connectivity index (χ1n) is 12.4. The number of hydrogen-bond acceptors (Lipinski definition) is 7. The van der Waals surface area contributed by atoms with Crippen LogP contribution in [-0.2, 0) is 13.0 Å². The molecule has 1 aliphatic heterocycles. The van der Waals surface area contributed by atoms with Gasteiger partial charge >= 0.3 is 0 Å². The Bertz CT molecular complexity index is 1220. The van der Waals surface area contributed by atoms with Crippen molar-refractivity contribution in [1.29, 1.82) is 0 Å². The number of benzene rings is 2. The van der Waals surface area contributed by atoms with Crippen molar-refractivity contribution in [2.75, 3.05) is 45.9 Å². The minimum Gasteiger partial charge on any atom is -0.491 e. The Hall–Kier alpha value is -2.78. The highest BCUT2D eigenvalue weighted by atomic mass is 32.1. The number of β-amino-alcohol motifs (C(OH)–C–C–N with tert-alkyl or cyclic N) is 1. The van der Waals surface area contributed by atoms with Gasteiger partial charge in [-0.1, -0.05) is 37.3 Å². The van der Waals surface area contributed by atoms with Gasteiger partial charge in [0.05, 0.1) is 28.0 Å². The van der Waals surface area contributed by atoms with Gasteiger partial charge in [0.25, 0.3) is 0 Å². The average molecular weight is 492 g/mol. The van der Waals surface area contributed by atoms with Crippen LogP contribution in [0.15, 0.2) is 60.9 Å².